The molecule has 1 aromatic carbocycles. The fourth-order valence-electron chi connectivity index (χ4n) is 2.06. The van der Waals surface area contributed by atoms with Crippen molar-refractivity contribution in [3.63, 3.8) is 0 Å². The monoisotopic (exact) mass is 300 g/mol. The van der Waals surface area contributed by atoms with Gasteiger partial charge in [-0.05, 0) is 43.2 Å². The summed E-state index contributed by atoms with van der Waals surface area (Å²) in [6.07, 6.45) is 2.27. The van der Waals surface area contributed by atoms with Crippen molar-refractivity contribution < 1.29 is 8.42 Å². The average Bonchev–Trinajstić information content (AvgIpc) is 2.90. The zero-order valence-corrected chi connectivity index (χ0v) is 12.6. The van der Waals surface area contributed by atoms with Gasteiger partial charge in [0.25, 0.3) is 0 Å². The summed E-state index contributed by atoms with van der Waals surface area (Å²) in [5.41, 5.74) is 6.61. The number of nitrogens with two attached hydrogens (primary N) is 1. The van der Waals surface area contributed by atoms with Crippen LogP contribution in [0.5, 0.6) is 0 Å². The maximum Gasteiger partial charge on any atom is 0.240 e. The second-order valence-electron chi connectivity index (χ2n) is 4.85. The van der Waals surface area contributed by atoms with Crippen LogP contribution in [0.2, 0.25) is 0 Å². The Morgan fingerprint density at radius 3 is 2.95 bits per heavy atom. The summed E-state index contributed by atoms with van der Waals surface area (Å²) in [7, 11) is -3.42. The third-order valence-corrected chi connectivity index (χ3v) is 6.04. The first-order chi connectivity index (χ1) is 8.99. The van der Waals surface area contributed by atoms with Crippen LogP contribution in [0.3, 0.4) is 0 Å². The van der Waals surface area contributed by atoms with E-state index >= 15 is 0 Å². The van der Waals surface area contributed by atoms with Gasteiger partial charge in [0.1, 0.15) is 0 Å². The predicted octanol–water partition coefficient (Wildman–Crippen LogP) is 1.88. The predicted molar refractivity (Wildman–Crippen MR) is 79.7 cm³/mol. The minimum atomic E-state index is -3.42. The van der Waals surface area contributed by atoms with E-state index in [4.69, 9.17) is 5.73 Å². The van der Waals surface area contributed by atoms with Crippen LogP contribution < -0.4 is 10.5 Å². The molecule has 0 aliphatic carbocycles. The van der Waals surface area contributed by atoms with Gasteiger partial charge in [-0.3, -0.25) is 0 Å². The summed E-state index contributed by atoms with van der Waals surface area (Å²) < 4.78 is 27.1. The van der Waals surface area contributed by atoms with Crippen LogP contribution in [0.25, 0.3) is 0 Å². The fraction of sp³-hybridized carbons (Fsp3) is 0.538. The molecule has 6 heteroatoms. The lowest BCUT2D eigenvalue weighted by Gasteiger charge is -2.12. The number of hydrogen-bond donors (Lipinski definition) is 2. The van der Waals surface area contributed by atoms with E-state index in [1.807, 2.05) is 24.8 Å². The van der Waals surface area contributed by atoms with Crippen molar-refractivity contribution in [2.24, 2.45) is 5.73 Å². The normalized spacial score (nSPS) is 21.5. The van der Waals surface area contributed by atoms with E-state index in [1.54, 1.807) is 18.2 Å². The van der Waals surface area contributed by atoms with E-state index < -0.39 is 10.0 Å². The molecule has 0 bridgehead atoms. The van der Waals surface area contributed by atoms with Crippen LogP contribution in [-0.2, 0) is 10.0 Å². The molecule has 4 nitrogen and oxygen atoms in total. The summed E-state index contributed by atoms with van der Waals surface area (Å²) in [4.78, 5) is 0.297. The standard InChI is InChI=1S/C13H20N2O2S2/c1-10(14)11-4-2-6-13(8-11)19(16,17)15-9-12-5-3-7-18-12/h2,4,6,8,10,12,15H,3,5,7,9,14H2,1H3. The molecule has 0 spiro atoms. The Labute approximate surface area is 119 Å². The molecule has 3 N–H and O–H groups in total. The number of benzene rings is 1. The molecule has 1 saturated heterocycles. The van der Waals surface area contributed by atoms with Crippen molar-refractivity contribution in [3.8, 4) is 0 Å². The smallest absolute Gasteiger partial charge is 0.240 e. The molecule has 0 saturated carbocycles. The zero-order chi connectivity index (χ0) is 13.9. The molecular weight excluding hydrogens is 280 g/mol. The molecule has 1 aliphatic heterocycles. The van der Waals surface area contributed by atoms with Gasteiger partial charge in [0.15, 0.2) is 0 Å². The summed E-state index contributed by atoms with van der Waals surface area (Å²) in [5.74, 6) is 1.13. The highest BCUT2D eigenvalue weighted by molar-refractivity contribution is 8.00. The Balaban J connectivity index is 2.07. The van der Waals surface area contributed by atoms with Crippen LogP contribution in [-0.4, -0.2) is 26.0 Å². The SMILES string of the molecule is CC(N)c1cccc(S(=O)(=O)NCC2CCCS2)c1. The molecule has 2 rings (SSSR count). The van der Waals surface area contributed by atoms with E-state index in [-0.39, 0.29) is 6.04 Å². The number of rotatable bonds is 5. The Morgan fingerprint density at radius 1 is 1.53 bits per heavy atom. The Kier molecular flexibility index (Phi) is 4.89. The van der Waals surface area contributed by atoms with Crippen molar-refractivity contribution in [3.05, 3.63) is 29.8 Å². The quantitative estimate of drug-likeness (QED) is 0.871. The van der Waals surface area contributed by atoms with Crippen molar-refractivity contribution >= 4 is 21.8 Å². The minimum Gasteiger partial charge on any atom is -0.324 e. The van der Waals surface area contributed by atoms with Crippen molar-refractivity contribution in [1.29, 1.82) is 0 Å². The lowest BCUT2D eigenvalue weighted by Crippen LogP contribution is -2.30. The lowest BCUT2D eigenvalue weighted by molar-refractivity contribution is 0.579. The first-order valence-electron chi connectivity index (χ1n) is 6.46. The molecule has 0 aromatic heterocycles. The highest BCUT2D eigenvalue weighted by Gasteiger charge is 2.20. The van der Waals surface area contributed by atoms with Gasteiger partial charge in [-0.15, -0.1) is 0 Å². The van der Waals surface area contributed by atoms with Gasteiger partial charge in [-0.25, -0.2) is 13.1 Å². The fourth-order valence-corrected chi connectivity index (χ4v) is 4.50. The molecule has 1 aromatic rings. The molecule has 2 unspecified atom stereocenters. The Morgan fingerprint density at radius 2 is 2.32 bits per heavy atom. The summed E-state index contributed by atoms with van der Waals surface area (Å²) in [5, 5.41) is 0.409. The van der Waals surface area contributed by atoms with Gasteiger partial charge in [0, 0.05) is 17.8 Å². The molecule has 0 amide bonds. The van der Waals surface area contributed by atoms with Crippen LogP contribution in [0.4, 0.5) is 0 Å². The van der Waals surface area contributed by atoms with E-state index in [0.29, 0.717) is 16.7 Å². The van der Waals surface area contributed by atoms with Crippen molar-refractivity contribution in [2.75, 3.05) is 12.3 Å². The third kappa shape index (κ3) is 3.95. The first kappa shape index (κ1) is 14.8. The van der Waals surface area contributed by atoms with Crippen LogP contribution >= 0.6 is 11.8 Å². The first-order valence-corrected chi connectivity index (χ1v) is 8.99. The van der Waals surface area contributed by atoms with Gasteiger partial charge in [0.2, 0.25) is 10.0 Å². The zero-order valence-electron chi connectivity index (χ0n) is 11.0. The number of hydrogen-bond acceptors (Lipinski definition) is 4. The number of sulfonamides is 1. The number of nitrogens with one attached hydrogen (secondary N) is 1. The van der Waals surface area contributed by atoms with Gasteiger partial charge in [0.05, 0.1) is 4.90 Å². The maximum absolute atomic E-state index is 12.2. The van der Waals surface area contributed by atoms with Crippen LogP contribution in [0.15, 0.2) is 29.2 Å². The lowest BCUT2D eigenvalue weighted by atomic mass is 10.1. The van der Waals surface area contributed by atoms with Gasteiger partial charge >= 0.3 is 0 Å². The van der Waals surface area contributed by atoms with Crippen LogP contribution in [0.1, 0.15) is 31.4 Å². The van der Waals surface area contributed by atoms with Crippen LogP contribution in [0, 0.1) is 0 Å². The second kappa shape index (κ2) is 6.26. The van der Waals surface area contributed by atoms with E-state index in [9.17, 15) is 8.42 Å². The molecule has 0 radical (unpaired) electrons. The highest BCUT2D eigenvalue weighted by Crippen LogP contribution is 2.25. The average molecular weight is 300 g/mol. The summed E-state index contributed by atoms with van der Waals surface area (Å²) >= 11 is 1.84. The molecular formula is C13H20N2O2S2. The second-order valence-corrected chi connectivity index (χ2v) is 8.02. The van der Waals surface area contributed by atoms with Crippen molar-refractivity contribution in [2.45, 2.75) is 36.0 Å². The topological polar surface area (TPSA) is 72.2 Å². The molecule has 1 heterocycles. The van der Waals surface area contributed by atoms with E-state index in [1.165, 1.54) is 6.42 Å². The largest absolute Gasteiger partial charge is 0.324 e. The molecule has 1 fully saturated rings. The van der Waals surface area contributed by atoms with Crippen molar-refractivity contribution in [1.82, 2.24) is 4.72 Å². The van der Waals surface area contributed by atoms with Gasteiger partial charge in [-0.1, -0.05) is 12.1 Å². The maximum atomic E-state index is 12.2. The van der Waals surface area contributed by atoms with Gasteiger partial charge in [-0.2, -0.15) is 11.8 Å². The molecule has 19 heavy (non-hydrogen) atoms. The minimum absolute atomic E-state index is 0.166. The molecule has 1 aliphatic rings. The highest BCUT2D eigenvalue weighted by atomic mass is 32.2. The third-order valence-electron chi connectivity index (χ3n) is 3.22. The molecule has 106 valence electrons. The van der Waals surface area contributed by atoms with Gasteiger partial charge < -0.3 is 5.73 Å². The number of thioether (sulfide) groups is 1. The summed E-state index contributed by atoms with van der Waals surface area (Å²) in [6, 6.07) is 6.67. The van der Waals surface area contributed by atoms with E-state index in [0.717, 1.165) is 17.7 Å². The summed E-state index contributed by atoms with van der Waals surface area (Å²) in [6.45, 7) is 2.35. The van der Waals surface area contributed by atoms with E-state index in [2.05, 4.69) is 4.72 Å². The molecule has 2 atom stereocenters. The Hall–Kier alpha value is -0.560. The Bertz CT molecular complexity index is 523.